The zero-order valence-electron chi connectivity index (χ0n) is 13.2. The van der Waals surface area contributed by atoms with Gasteiger partial charge in [0, 0.05) is 10.2 Å². The van der Waals surface area contributed by atoms with Gasteiger partial charge in [0.15, 0.2) is 0 Å². The molecule has 0 aliphatic heterocycles. The van der Waals surface area contributed by atoms with Crippen molar-refractivity contribution < 1.29 is 4.79 Å². The topological polar surface area (TPSA) is 41.5 Å². The van der Waals surface area contributed by atoms with Crippen molar-refractivity contribution in [3.63, 3.8) is 0 Å². The summed E-state index contributed by atoms with van der Waals surface area (Å²) < 4.78 is 0.990. The Bertz CT molecular complexity index is 716. The van der Waals surface area contributed by atoms with Gasteiger partial charge in [0.05, 0.1) is 11.5 Å². The first kappa shape index (κ1) is 17.8. The number of hydrazone groups is 1. The number of hydrogen-bond donors (Lipinski definition) is 1. The van der Waals surface area contributed by atoms with Gasteiger partial charge in [-0.15, -0.1) is 11.8 Å². The van der Waals surface area contributed by atoms with Crippen LogP contribution < -0.4 is 5.43 Å². The number of carbonyl (C=O) groups is 1. The number of nitrogens with one attached hydrogen (secondary N) is 1. The van der Waals surface area contributed by atoms with E-state index in [0.29, 0.717) is 5.75 Å². The van der Waals surface area contributed by atoms with Crippen molar-refractivity contribution in [1.82, 2.24) is 5.43 Å². The molecule has 0 saturated carbocycles. The molecule has 1 amide bonds. The number of benzene rings is 2. The van der Waals surface area contributed by atoms with Crippen molar-refractivity contribution in [1.29, 1.82) is 0 Å². The summed E-state index contributed by atoms with van der Waals surface area (Å²) in [5.74, 6) is 1.14. The SMILES string of the molecule is C/C(=N/NC(=O)CSCc1ccccc1C)c1cccc(Br)c1. The lowest BCUT2D eigenvalue weighted by molar-refractivity contribution is -0.118. The fourth-order valence-corrected chi connectivity index (χ4v) is 3.28. The van der Waals surface area contributed by atoms with E-state index in [1.165, 1.54) is 11.1 Å². The maximum atomic E-state index is 11.9. The van der Waals surface area contributed by atoms with Crippen LogP contribution in [0.5, 0.6) is 0 Å². The van der Waals surface area contributed by atoms with Crippen LogP contribution in [0.15, 0.2) is 58.1 Å². The van der Waals surface area contributed by atoms with E-state index >= 15 is 0 Å². The van der Waals surface area contributed by atoms with Crippen LogP contribution in [-0.2, 0) is 10.5 Å². The van der Waals surface area contributed by atoms with Crippen molar-refractivity contribution in [2.75, 3.05) is 5.75 Å². The average molecular weight is 391 g/mol. The van der Waals surface area contributed by atoms with Gasteiger partial charge in [-0.05, 0) is 42.7 Å². The molecule has 0 spiro atoms. The van der Waals surface area contributed by atoms with Crippen LogP contribution in [0, 0.1) is 6.92 Å². The lowest BCUT2D eigenvalue weighted by Crippen LogP contribution is -2.21. The van der Waals surface area contributed by atoms with Gasteiger partial charge in [-0.1, -0.05) is 52.3 Å². The minimum atomic E-state index is -0.0852. The zero-order valence-corrected chi connectivity index (χ0v) is 15.6. The summed E-state index contributed by atoms with van der Waals surface area (Å²) in [7, 11) is 0. The Morgan fingerprint density at radius 2 is 2.00 bits per heavy atom. The summed E-state index contributed by atoms with van der Waals surface area (Å²) in [5.41, 5.74) is 6.89. The summed E-state index contributed by atoms with van der Waals surface area (Å²) >= 11 is 5.02. The highest BCUT2D eigenvalue weighted by molar-refractivity contribution is 9.10. The second-order valence-corrected chi connectivity index (χ2v) is 7.06. The number of nitrogens with zero attached hydrogens (tertiary/aromatic N) is 1. The van der Waals surface area contributed by atoms with E-state index in [0.717, 1.165) is 21.5 Å². The van der Waals surface area contributed by atoms with Crippen LogP contribution in [0.2, 0.25) is 0 Å². The molecule has 1 N–H and O–H groups in total. The van der Waals surface area contributed by atoms with Crippen molar-refractivity contribution in [2.24, 2.45) is 5.10 Å². The monoisotopic (exact) mass is 390 g/mol. The molecule has 0 unspecified atom stereocenters. The number of amides is 1. The fraction of sp³-hybridized carbons (Fsp3) is 0.222. The number of hydrogen-bond acceptors (Lipinski definition) is 3. The van der Waals surface area contributed by atoms with Crippen LogP contribution in [0.1, 0.15) is 23.6 Å². The quantitative estimate of drug-likeness (QED) is 0.581. The Hall–Kier alpha value is -1.59. The molecule has 0 aliphatic rings. The Morgan fingerprint density at radius 3 is 2.74 bits per heavy atom. The molecule has 2 rings (SSSR count). The maximum absolute atomic E-state index is 11.9. The molecule has 0 atom stereocenters. The van der Waals surface area contributed by atoms with E-state index in [4.69, 9.17) is 0 Å². The molecule has 3 nitrogen and oxygen atoms in total. The van der Waals surface area contributed by atoms with E-state index in [1.54, 1.807) is 11.8 Å². The van der Waals surface area contributed by atoms with Crippen LogP contribution in [-0.4, -0.2) is 17.4 Å². The van der Waals surface area contributed by atoms with Crippen LogP contribution in [0.4, 0.5) is 0 Å². The van der Waals surface area contributed by atoms with E-state index in [1.807, 2.05) is 43.3 Å². The minimum absolute atomic E-state index is 0.0852. The largest absolute Gasteiger partial charge is 0.272 e. The molecule has 2 aromatic rings. The first-order valence-corrected chi connectivity index (χ1v) is 9.22. The summed E-state index contributed by atoms with van der Waals surface area (Å²) in [4.78, 5) is 11.9. The Morgan fingerprint density at radius 1 is 1.22 bits per heavy atom. The van der Waals surface area contributed by atoms with Crippen molar-refractivity contribution in [3.05, 3.63) is 69.7 Å². The fourth-order valence-electron chi connectivity index (χ4n) is 1.98. The summed E-state index contributed by atoms with van der Waals surface area (Å²) in [6.07, 6.45) is 0. The molecule has 0 fully saturated rings. The summed E-state index contributed by atoms with van der Waals surface area (Å²) in [5, 5.41) is 4.16. The lowest BCUT2D eigenvalue weighted by atomic mass is 10.1. The minimum Gasteiger partial charge on any atom is -0.272 e. The summed E-state index contributed by atoms with van der Waals surface area (Å²) in [6.45, 7) is 3.96. The normalized spacial score (nSPS) is 11.3. The summed E-state index contributed by atoms with van der Waals surface area (Å²) in [6, 6.07) is 16.1. The smallest absolute Gasteiger partial charge is 0.250 e. The first-order valence-electron chi connectivity index (χ1n) is 7.27. The first-order chi connectivity index (χ1) is 11.1. The van der Waals surface area contributed by atoms with Crippen LogP contribution in [0.25, 0.3) is 0 Å². The Kier molecular flexibility index (Phi) is 6.86. The van der Waals surface area contributed by atoms with E-state index in [9.17, 15) is 4.79 Å². The van der Waals surface area contributed by atoms with E-state index < -0.39 is 0 Å². The van der Waals surface area contributed by atoms with E-state index in [2.05, 4.69) is 45.5 Å². The molecular weight excluding hydrogens is 372 g/mol. The van der Waals surface area contributed by atoms with E-state index in [-0.39, 0.29) is 5.91 Å². The third-order valence-corrected chi connectivity index (χ3v) is 4.82. The number of rotatable bonds is 6. The lowest BCUT2D eigenvalue weighted by Gasteiger charge is -2.05. The van der Waals surface area contributed by atoms with Gasteiger partial charge in [0.25, 0.3) is 0 Å². The van der Waals surface area contributed by atoms with Gasteiger partial charge in [0.1, 0.15) is 0 Å². The number of halogens is 1. The van der Waals surface area contributed by atoms with Crippen molar-refractivity contribution in [3.8, 4) is 0 Å². The third-order valence-electron chi connectivity index (χ3n) is 3.34. The van der Waals surface area contributed by atoms with Gasteiger partial charge in [-0.3, -0.25) is 4.79 Å². The molecule has 0 heterocycles. The molecule has 0 aliphatic carbocycles. The predicted molar refractivity (Wildman–Crippen MR) is 102 cm³/mol. The van der Waals surface area contributed by atoms with Gasteiger partial charge < -0.3 is 0 Å². The second kappa shape index (κ2) is 8.89. The third kappa shape index (κ3) is 5.84. The average Bonchev–Trinajstić information content (AvgIpc) is 2.54. The molecular formula is C18H19BrN2OS. The highest BCUT2D eigenvalue weighted by Gasteiger charge is 2.04. The highest BCUT2D eigenvalue weighted by Crippen LogP contribution is 2.15. The van der Waals surface area contributed by atoms with Gasteiger partial charge in [-0.25, -0.2) is 5.43 Å². The molecule has 0 aromatic heterocycles. The molecule has 2 aromatic carbocycles. The second-order valence-electron chi connectivity index (χ2n) is 5.16. The Labute approximate surface area is 149 Å². The van der Waals surface area contributed by atoms with Gasteiger partial charge >= 0.3 is 0 Å². The molecule has 120 valence electrons. The number of thioether (sulfide) groups is 1. The standard InChI is InChI=1S/C18H19BrN2OS/c1-13-6-3-4-7-16(13)11-23-12-18(22)21-20-14(2)15-8-5-9-17(19)10-15/h3-10H,11-12H2,1-2H3,(H,21,22)/b20-14-. The van der Waals surface area contributed by atoms with Crippen molar-refractivity contribution >= 4 is 39.3 Å². The van der Waals surface area contributed by atoms with Crippen LogP contribution >= 0.6 is 27.7 Å². The Balaban J connectivity index is 1.81. The predicted octanol–water partition coefficient (Wildman–Crippen LogP) is 4.53. The highest BCUT2D eigenvalue weighted by atomic mass is 79.9. The maximum Gasteiger partial charge on any atom is 0.250 e. The molecule has 0 radical (unpaired) electrons. The molecule has 5 heteroatoms. The van der Waals surface area contributed by atoms with Crippen molar-refractivity contribution in [2.45, 2.75) is 19.6 Å². The van der Waals surface area contributed by atoms with Crippen LogP contribution in [0.3, 0.4) is 0 Å². The molecule has 0 saturated heterocycles. The number of aryl methyl sites for hydroxylation is 1. The van der Waals surface area contributed by atoms with Gasteiger partial charge in [-0.2, -0.15) is 5.10 Å². The molecule has 0 bridgehead atoms. The van der Waals surface area contributed by atoms with Gasteiger partial charge in [0.2, 0.25) is 5.91 Å². The number of carbonyl (C=O) groups excluding carboxylic acids is 1. The molecule has 23 heavy (non-hydrogen) atoms. The zero-order chi connectivity index (χ0) is 16.7.